The first kappa shape index (κ1) is 17.9. The Hall–Kier alpha value is -3.13. The molecule has 4 heterocycles. The number of hydrogen-bond donors (Lipinski definition) is 2. The van der Waals surface area contributed by atoms with Crippen molar-refractivity contribution in [2.75, 3.05) is 18.4 Å². The summed E-state index contributed by atoms with van der Waals surface area (Å²) in [5.41, 5.74) is 3.53. The summed E-state index contributed by atoms with van der Waals surface area (Å²) in [7, 11) is 0. The molecule has 0 bridgehead atoms. The molecule has 0 saturated carbocycles. The first-order chi connectivity index (χ1) is 14.2. The number of piperidine rings is 1. The third-order valence-electron chi connectivity index (χ3n) is 5.27. The molecule has 1 aliphatic heterocycles. The third kappa shape index (κ3) is 3.51. The highest BCUT2D eigenvalue weighted by atomic mass is 16.5. The van der Waals surface area contributed by atoms with Crippen LogP contribution in [0.5, 0.6) is 5.75 Å². The van der Waals surface area contributed by atoms with Gasteiger partial charge in [0.05, 0.1) is 22.9 Å². The highest BCUT2D eigenvalue weighted by Crippen LogP contribution is 2.27. The molecule has 0 aliphatic carbocycles. The van der Waals surface area contributed by atoms with Crippen molar-refractivity contribution in [2.45, 2.75) is 38.8 Å². The van der Waals surface area contributed by atoms with Crippen LogP contribution in [-0.4, -0.2) is 43.3 Å². The van der Waals surface area contributed by atoms with Crippen molar-refractivity contribution in [1.29, 1.82) is 0 Å². The Morgan fingerprint density at radius 1 is 1.24 bits per heavy atom. The Kier molecular flexibility index (Phi) is 4.55. The molecule has 5 rings (SSSR count). The van der Waals surface area contributed by atoms with Crippen LogP contribution in [0.3, 0.4) is 0 Å². The van der Waals surface area contributed by atoms with E-state index in [-0.39, 0.29) is 6.10 Å². The summed E-state index contributed by atoms with van der Waals surface area (Å²) in [5, 5.41) is 11.1. The summed E-state index contributed by atoms with van der Waals surface area (Å²) in [6.45, 7) is 6.21. The van der Waals surface area contributed by atoms with Crippen LogP contribution in [0.25, 0.3) is 16.7 Å². The molecule has 150 valence electrons. The lowest BCUT2D eigenvalue weighted by Crippen LogP contribution is -2.34. The van der Waals surface area contributed by atoms with Gasteiger partial charge in [-0.05, 0) is 51.9 Å². The molecule has 0 atom stereocenters. The lowest BCUT2D eigenvalue weighted by Gasteiger charge is -2.24. The van der Waals surface area contributed by atoms with E-state index >= 15 is 0 Å². The maximum Gasteiger partial charge on any atom is 0.180 e. The topological polar surface area (TPSA) is 81.3 Å². The Balaban J connectivity index is 1.50. The second kappa shape index (κ2) is 7.36. The van der Waals surface area contributed by atoms with E-state index in [1.807, 2.05) is 45.9 Å². The second-order valence-electron chi connectivity index (χ2n) is 7.73. The fourth-order valence-electron chi connectivity index (χ4n) is 3.72. The summed E-state index contributed by atoms with van der Waals surface area (Å²) < 4.78 is 10.2. The number of hydrogen-bond acceptors (Lipinski definition) is 6. The van der Waals surface area contributed by atoms with Crippen molar-refractivity contribution in [3.63, 3.8) is 0 Å². The molecule has 1 aromatic carbocycles. The van der Waals surface area contributed by atoms with Crippen molar-refractivity contribution in [1.82, 2.24) is 29.5 Å². The minimum atomic E-state index is 0.255. The third-order valence-corrected chi connectivity index (χ3v) is 5.27. The van der Waals surface area contributed by atoms with Crippen LogP contribution in [0.15, 0.2) is 43.0 Å². The Morgan fingerprint density at radius 3 is 2.90 bits per heavy atom. The van der Waals surface area contributed by atoms with E-state index in [1.54, 1.807) is 6.20 Å². The van der Waals surface area contributed by atoms with Crippen LogP contribution in [0.4, 0.5) is 11.5 Å². The lowest BCUT2D eigenvalue weighted by atomic mass is 10.1. The zero-order chi connectivity index (χ0) is 19.8. The van der Waals surface area contributed by atoms with Gasteiger partial charge in [0.15, 0.2) is 11.5 Å². The molecule has 3 aromatic heterocycles. The molecule has 29 heavy (non-hydrogen) atoms. The molecule has 0 spiro atoms. The van der Waals surface area contributed by atoms with Crippen molar-refractivity contribution in [3.05, 3.63) is 43.0 Å². The highest BCUT2D eigenvalue weighted by Gasteiger charge is 2.16. The molecule has 0 unspecified atom stereocenters. The molecule has 0 radical (unpaired) electrons. The highest BCUT2D eigenvalue weighted by molar-refractivity contribution is 5.85. The van der Waals surface area contributed by atoms with Crippen molar-refractivity contribution < 1.29 is 4.74 Å². The van der Waals surface area contributed by atoms with Crippen molar-refractivity contribution in [2.24, 2.45) is 0 Å². The average Bonchev–Trinajstić information content (AvgIpc) is 3.39. The van der Waals surface area contributed by atoms with Gasteiger partial charge < -0.3 is 15.4 Å². The van der Waals surface area contributed by atoms with E-state index in [1.165, 1.54) is 0 Å². The maximum atomic E-state index is 6.21. The number of anilines is 2. The van der Waals surface area contributed by atoms with Crippen LogP contribution in [0.2, 0.25) is 0 Å². The maximum absolute atomic E-state index is 6.21. The summed E-state index contributed by atoms with van der Waals surface area (Å²) in [6, 6.07) is 6.38. The van der Waals surface area contributed by atoms with E-state index < -0.39 is 0 Å². The predicted octanol–water partition coefficient (Wildman–Crippen LogP) is 3.53. The number of ether oxygens (including phenoxy) is 1. The average molecular weight is 391 g/mol. The van der Waals surface area contributed by atoms with Crippen LogP contribution < -0.4 is 15.4 Å². The van der Waals surface area contributed by atoms with Crippen LogP contribution >= 0.6 is 0 Å². The van der Waals surface area contributed by atoms with Gasteiger partial charge in [-0.3, -0.25) is 9.08 Å². The molecule has 8 nitrogen and oxygen atoms in total. The fraction of sp³-hybridized carbons (Fsp3) is 0.381. The summed E-state index contributed by atoms with van der Waals surface area (Å²) in [6.07, 6.45) is 9.84. The second-order valence-corrected chi connectivity index (χ2v) is 7.73. The Morgan fingerprint density at radius 2 is 2.10 bits per heavy atom. The van der Waals surface area contributed by atoms with Crippen LogP contribution in [0, 0.1) is 0 Å². The standard InChI is InChI=1S/C21H25N7O/c1-14(2)28-13-15(12-24-28)25-20-21-23-9-10-27(21)19-4-3-17(11-18(19)26-20)29-16-5-7-22-8-6-16/h3-4,9-14,16,22H,5-8H2,1-2H3,(H,25,26). The normalized spacial score (nSPS) is 15.4. The van der Waals surface area contributed by atoms with Gasteiger partial charge in [0.25, 0.3) is 0 Å². The zero-order valence-electron chi connectivity index (χ0n) is 16.7. The number of fused-ring (bicyclic) bond motifs is 3. The van der Waals surface area contributed by atoms with Gasteiger partial charge in [-0.15, -0.1) is 0 Å². The Bertz CT molecular complexity index is 1140. The quantitative estimate of drug-likeness (QED) is 0.542. The monoisotopic (exact) mass is 391 g/mol. The molecule has 1 fully saturated rings. The van der Waals surface area contributed by atoms with E-state index in [0.29, 0.717) is 11.9 Å². The first-order valence-electron chi connectivity index (χ1n) is 10.1. The van der Waals surface area contributed by atoms with E-state index in [0.717, 1.165) is 54.0 Å². The van der Waals surface area contributed by atoms with Gasteiger partial charge in [-0.1, -0.05) is 0 Å². The Labute approximate surface area is 168 Å². The summed E-state index contributed by atoms with van der Waals surface area (Å²) in [5.74, 6) is 1.56. The minimum Gasteiger partial charge on any atom is -0.490 e. The minimum absolute atomic E-state index is 0.255. The molecule has 8 heteroatoms. The molecule has 1 saturated heterocycles. The van der Waals surface area contributed by atoms with Crippen molar-refractivity contribution in [3.8, 4) is 5.75 Å². The van der Waals surface area contributed by atoms with Gasteiger partial charge in [0, 0.05) is 30.7 Å². The number of nitrogens with zero attached hydrogens (tertiary/aromatic N) is 5. The largest absolute Gasteiger partial charge is 0.490 e. The van der Waals surface area contributed by atoms with E-state index in [4.69, 9.17) is 9.72 Å². The number of rotatable bonds is 5. The smallest absolute Gasteiger partial charge is 0.180 e. The summed E-state index contributed by atoms with van der Waals surface area (Å²) in [4.78, 5) is 9.35. The SMILES string of the molecule is CC(C)n1cc(Nc2nc3cc(OC4CCNCC4)ccc3n3ccnc23)cn1. The van der Waals surface area contributed by atoms with Gasteiger partial charge in [0.2, 0.25) is 0 Å². The predicted molar refractivity (Wildman–Crippen MR) is 113 cm³/mol. The van der Waals surface area contributed by atoms with Gasteiger partial charge >= 0.3 is 0 Å². The van der Waals surface area contributed by atoms with E-state index in [2.05, 4.69) is 34.6 Å². The van der Waals surface area contributed by atoms with Gasteiger partial charge in [-0.25, -0.2) is 9.97 Å². The molecular formula is C21H25N7O. The fourth-order valence-corrected chi connectivity index (χ4v) is 3.72. The molecule has 1 aliphatic rings. The number of benzene rings is 1. The number of nitrogens with one attached hydrogen (secondary N) is 2. The molecule has 0 amide bonds. The van der Waals surface area contributed by atoms with Gasteiger partial charge in [0.1, 0.15) is 11.9 Å². The number of imidazole rings is 1. The zero-order valence-corrected chi connectivity index (χ0v) is 16.7. The van der Waals surface area contributed by atoms with Crippen LogP contribution in [-0.2, 0) is 0 Å². The van der Waals surface area contributed by atoms with Crippen LogP contribution in [0.1, 0.15) is 32.7 Å². The first-order valence-corrected chi connectivity index (χ1v) is 10.1. The van der Waals surface area contributed by atoms with Gasteiger partial charge in [-0.2, -0.15) is 5.10 Å². The molecular weight excluding hydrogens is 366 g/mol. The van der Waals surface area contributed by atoms with Crippen molar-refractivity contribution >= 4 is 28.2 Å². The van der Waals surface area contributed by atoms with E-state index in [9.17, 15) is 0 Å². The number of aromatic nitrogens is 5. The lowest BCUT2D eigenvalue weighted by molar-refractivity contribution is 0.162. The molecule has 2 N–H and O–H groups in total. The summed E-state index contributed by atoms with van der Waals surface area (Å²) >= 11 is 0. The molecule has 4 aromatic rings.